The van der Waals surface area contributed by atoms with Gasteiger partial charge < -0.3 is 10.6 Å². The van der Waals surface area contributed by atoms with Crippen molar-refractivity contribution >= 4 is 6.03 Å². The average Bonchev–Trinajstić information content (AvgIpc) is 1.97. The maximum Gasteiger partial charge on any atom is 0.314 e. The molecule has 0 aromatic carbocycles. The average molecular weight is 128 g/mol. The van der Waals surface area contributed by atoms with Crippen LogP contribution in [-0.2, 0) is 0 Å². The van der Waals surface area contributed by atoms with E-state index in [1.54, 1.807) is 0 Å². The lowest BCUT2D eigenvalue weighted by atomic mass is 10.1. The fourth-order valence-corrected chi connectivity index (χ4v) is 0.864. The molecule has 1 heterocycles. The molecule has 1 fully saturated rings. The Hall–Kier alpha value is -0.730. The predicted molar refractivity (Wildman–Crippen MR) is 35.2 cm³/mol. The molecule has 1 aliphatic heterocycles. The highest BCUT2D eigenvalue weighted by atomic mass is 16.2. The fraction of sp³-hybridized carbons (Fsp3) is 0.833. The van der Waals surface area contributed by atoms with E-state index in [4.69, 9.17) is 0 Å². The maximum atomic E-state index is 10.6. The number of hydrogen-bond donors (Lipinski definition) is 2. The summed E-state index contributed by atoms with van der Waals surface area (Å²) in [4.78, 5) is 10.6. The molecule has 1 atom stereocenters. The Morgan fingerprint density at radius 3 is 3.11 bits per heavy atom. The second-order valence-electron chi connectivity index (χ2n) is 2.53. The van der Waals surface area contributed by atoms with Crippen LogP contribution in [0.3, 0.4) is 0 Å². The van der Waals surface area contributed by atoms with Crippen molar-refractivity contribution in [1.82, 2.24) is 10.6 Å². The topological polar surface area (TPSA) is 41.1 Å². The SMILES string of the molecule is CC1CCNC(=O)NC1. The number of hydrogen-bond acceptors (Lipinski definition) is 1. The number of carbonyl (C=O) groups excluding carboxylic acids is 1. The number of carbonyl (C=O) groups is 1. The number of rotatable bonds is 0. The Labute approximate surface area is 54.8 Å². The van der Waals surface area contributed by atoms with Crippen LogP contribution in [0, 0.1) is 5.92 Å². The smallest absolute Gasteiger partial charge is 0.314 e. The molecule has 1 saturated heterocycles. The lowest BCUT2D eigenvalue weighted by molar-refractivity contribution is 0.242. The summed E-state index contributed by atoms with van der Waals surface area (Å²) < 4.78 is 0. The normalized spacial score (nSPS) is 28.1. The summed E-state index contributed by atoms with van der Waals surface area (Å²) in [5, 5.41) is 5.47. The first-order valence-corrected chi connectivity index (χ1v) is 3.31. The van der Waals surface area contributed by atoms with E-state index in [2.05, 4.69) is 17.6 Å². The number of urea groups is 1. The molecule has 2 amide bonds. The van der Waals surface area contributed by atoms with Crippen LogP contribution in [0.25, 0.3) is 0 Å². The van der Waals surface area contributed by atoms with Crippen LogP contribution in [0.5, 0.6) is 0 Å². The Kier molecular flexibility index (Phi) is 1.92. The summed E-state index contributed by atoms with van der Waals surface area (Å²) >= 11 is 0. The predicted octanol–water partition coefficient (Wildman–Crippen LogP) is 0.325. The largest absolute Gasteiger partial charge is 0.338 e. The van der Waals surface area contributed by atoms with E-state index >= 15 is 0 Å². The second kappa shape index (κ2) is 2.71. The van der Waals surface area contributed by atoms with Crippen molar-refractivity contribution in [2.75, 3.05) is 13.1 Å². The van der Waals surface area contributed by atoms with Crippen molar-refractivity contribution in [2.24, 2.45) is 5.92 Å². The molecule has 0 radical (unpaired) electrons. The van der Waals surface area contributed by atoms with E-state index in [-0.39, 0.29) is 6.03 Å². The molecule has 0 saturated carbocycles. The Balaban J connectivity index is 2.34. The first-order valence-electron chi connectivity index (χ1n) is 3.31. The standard InChI is InChI=1S/C6H12N2O/c1-5-2-3-7-6(9)8-4-5/h5H,2-4H2,1H3,(H2,7,8,9). The first kappa shape index (κ1) is 6.39. The van der Waals surface area contributed by atoms with E-state index in [1.807, 2.05) is 0 Å². The van der Waals surface area contributed by atoms with E-state index in [1.165, 1.54) is 0 Å². The Morgan fingerprint density at radius 1 is 1.56 bits per heavy atom. The minimum atomic E-state index is -0.0284. The van der Waals surface area contributed by atoms with Crippen LogP contribution < -0.4 is 10.6 Å². The van der Waals surface area contributed by atoms with E-state index < -0.39 is 0 Å². The van der Waals surface area contributed by atoms with Gasteiger partial charge in [0.15, 0.2) is 0 Å². The van der Waals surface area contributed by atoms with Gasteiger partial charge in [0.1, 0.15) is 0 Å². The molecule has 0 bridgehead atoms. The molecule has 3 heteroatoms. The second-order valence-corrected chi connectivity index (χ2v) is 2.53. The van der Waals surface area contributed by atoms with Crippen LogP contribution in [0.4, 0.5) is 4.79 Å². The van der Waals surface area contributed by atoms with Gasteiger partial charge in [-0.05, 0) is 12.3 Å². The quantitative estimate of drug-likeness (QED) is 0.485. The van der Waals surface area contributed by atoms with Gasteiger partial charge in [-0.3, -0.25) is 0 Å². The molecule has 1 aliphatic rings. The van der Waals surface area contributed by atoms with E-state index in [9.17, 15) is 4.79 Å². The summed E-state index contributed by atoms with van der Waals surface area (Å²) in [6, 6.07) is -0.0284. The fourth-order valence-electron chi connectivity index (χ4n) is 0.864. The van der Waals surface area contributed by atoms with Crippen molar-refractivity contribution in [3.05, 3.63) is 0 Å². The third-order valence-electron chi connectivity index (χ3n) is 1.53. The van der Waals surface area contributed by atoms with Crippen LogP contribution in [0.1, 0.15) is 13.3 Å². The van der Waals surface area contributed by atoms with Crippen LogP contribution in [-0.4, -0.2) is 19.1 Å². The molecular formula is C6H12N2O. The summed E-state index contributed by atoms with van der Waals surface area (Å²) in [6.45, 7) is 3.76. The van der Waals surface area contributed by atoms with Gasteiger partial charge in [0, 0.05) is 13.1 Å². The van der Waals surface area contributed by atoms with Crippen molar-refractivity contribution in [2.45, 2.75) is 13.3 Å². The van der Waals surface area contributed by atoms with Crippen LogP contribution >= 0.6 is 0 Å². The monoisotopic (exact) mass is 128 g/mol. The highest BCUT2D eigenvalue weighted by Gasteiger charge is 2.09. The zero-order valence-electron chi connectivity index (χ0n) is 5.61. The van der Waals surface area contributed by atoms with Crippen LogP contribution in [0.2, 0.25) is 0 Å². The molecule has 0 aromatic heterocycles. The van der Waals surface area contributed by atoms with E-state index in [0.717, 1.165) is 19.5 Å². The summed E-state index contributed by atoms with van der Waals surface area (Å²) in [7, 11) is 0. The molecule has 1 rings (SSSR count). The van der Waals surface area contributed by atoms with Gasteiger partial charge in [0.05, 0.1) is 0 Å². The summed E-state index contributed by atoms with van der Waals surface area (Å²) in [5.74, 6) is 0.615. The number of nitrogens with one attached hydrogen (secondary N) is 2. The minimum Gasteiger partial charge on any atom is -0.338 e. The van der Waals surface area contributed by atoms with Gasteiger partial charge in [0.2, 0.25) is 0 Å². The van der Waals surface area contributed by atoms with Gasteiger partial charge in [-0.1, -0.05) is 6.92 Å². The van der Waals surface area contributed by atoms with Crippen molar-refractivity contribution < 1.29 is 4.79 Å². The third-order valence-corrected chi connectivity index (χ3v) is 1.53. The number of amides is 2. The highest BCUT2D eigenvalue weighted by Crippen LogP contribution is 1.99. The Bertz CT molecular complexity index is 114. The van der Waals surface area contributed by atoms with Crippen molar-refractivity contribution in [3.63, 3.8) is 0 Å². The summed E-state index contributed by atoms with van der Waals surface area (Å²) in [5.41, 5.74) is 0. The molecule has 0 aliphatic carbocycles. The molecule has 9 heavy (non-hydrogen) atoms. The first-order chi connectivity index (χ1) is 4.29. The van der Waals surface area contributed by atoms with Gasteiger partial charge in [-0.2, -0.15) is 0 Å². The van der Waals surface area contributed by atoms with Gasteiger partial charge >= 0.3 is 6.03 Å². The van der Waals surface area contributed by atoms with Gasteiger partial charge in [-0.25, -0.2) is 4.79 Å². The molecule has 1 unspecified atom stereocenters. The molecule has 2 N–H and O–H groups in total. The third kappa shape index (κ3) is 1.91. The lowest BCUT2D eigenvalue weighted by Crippen LogP contribution is -2.33. The lowest BCUT2D eigenvalue weighted by Gasteiger charge is -2.02. The molecular weight excluding hydrogens is 116 g/mol. The minimum absolute atomic E-state index is 0.0284. The van der Waals surface area contributed by atoms with E-state index in [0.29, 0.717) is 5.92 Å². The van der Waals surface area contributed by atoms with Gasteiger partial charge in [-0.15, -0.1) is 0 Å². The highest BCUT2D eigenvalue weighted by molar-refractivity contribution is 5.73. The zero-order valence-corrected chi connectivity index (χ0v) is 5.61. The van der Waals surface area contributed by atoms with Crippen molar-refractivity contribution in [1.29, 1.82) is 0 Å². The Morgan fingerprint density at radius 2 is 2.33 bits per heavy atom. The molecule has 52 valence electrons. The molecule has 3 nitrogen and oxygen atoms in total. The zero-order chi connectivity index (χ0) is 6.69. The summed E-state index contributed by atoms with van der Waals surface area (Å²) in [6.07, 6.45) is 1.08. The van der Waals surface area contributed by atoms with Crippen molar-refractivity contribution in [3.8, 4) is 0 Å². The van der Waals surface area contributed by atoms with Crippen LogP contribution in [0.15, 0.2) is 0 Å². The van der Waals surface area contributed by atoms with Gasteiger partial charge in [0.25, 0.3) is 0 Å². The molecule has 0 spiro atoms. The maximum absolute atomic E-state index is 10.6. The molecule has 0 aromatic rings.